The van der Waals surface area contributed by atoms with Crippen LogP contribution in [0.25, 0.3) is 10.8 Å². The Labute approximate surface area is 176 Å². The van der Waals surface area contributed by atoms with Crippen LogP contribution in [0, 0.1) is 0 Å². The van der Waals surface area contributed by atoms with E-state index in [1.807, 2.05) is 49.4 Å². The molecule has 29 heavy (non-hydrogen) atoms. The largest absolute Gasteiger partial charge is 0.339 e. The normalized spacial score (nSPS) is 11.5. The molecule has 3 aromatic rings. The van der Waals surface area contributed by atoms with Crippen LogP contribution in [-0.4, -0.2) is 32.3 Å². The molecule has 0 aliphatic rings. The van der Waals surface area contributed by atoms with Gasteiger partial charge in [0.05, 0.1) is 4.90 Å². The Morgan fingerprint density at radius 3 is 2.48 bits per heavy atom. The Morgan fingerprint density at radius 2 is 1.76 bits per heavy atom. The Bertz CT molecular complexity index is 1120. The van der Waals surface area contributed by atoms with Crippen LogP contribution in [0.15, 0.2) is 71.6 Å². The highest BCUT2D eigenvalue weighted by Gasteiger charge is 2.17. The van der Waals surface area contributed by atoms with Crippen molar-refractivity contribution in [3.05, 3.63) is 77.3 Å². The van der Waals surface area contributed by atoms with E-state index in [0.29, 0.717) is 18.1 Å². The summed E-state index contributed by atoms with van der Waals surface area (Å²) < 4.78 is 27.7. The standard InChI is InChI=1S/C22H23ClN2O3S/c1-2-25(16-17-6-5-9-20(23)14-17)22(26)12-13-24-29(27,28)21-11-10-18-7-3-4-8-19(18)15-21/h3-11,14-15,24H,2,12-13,16H2,1H3. The molecule has 0 spiro atoms. The van der Waals surface area contributed by atoms with Crippen molar-refractivity contribution < 1.29 is 13.2 Å². The molecule has 7 heteroatoms. The molecule has 0 bridgehead atoms. The van der Waals surface area contributed by atoms with E-state index in [1.54, 1.807) is 29.2 Å². The highest BCUT2D eigenvalue weighted by molar-refractivity contribution is 7.89. The number of benzene rings is 3. The Morgan fingerprint density at radius 1 is 1.00 bits per heavy atom. The number of carbonyl (C=O) groups excluding carboxylic acids is 1. The molecule has 3 rings (SSSR count). The van der Waals surface area contributed by atoms with Gasteiger partial charge in [-0.2, -0.15) is 0 Å². The van der Waals surface area contributed by atoms with Gasteiger partial charge in [0.25, 0.3) is 0 Å². The van der Waals surface area contributed by atoms with E-state index in [2.05, 4.69) is 4.72 Å². The number of nitrogens with zero attached hydrogens (tertiary/aromatic N) is 1. The highest BCUT2D eigenvalue weighted by Crippen LogP contribution is 2.19. The second kappa shape index (κ2) is 9.39. The van der Waals surface area contributed by atoms with E-state index in [4.69, 9.17) is 11.6 Å². The molecule has 1 amide bonds. The number of amides is 1. The molecule has 0 aliphatic heterocycles. The molecule has 0 heterocycles. The lowest BCUT2D eigenvalue weighted by Gasteiger charge is -2.21. The van der Waals surface area contributed by atoms with Crippen LogP contribution < -0.4 is 4.72 Å². The zero-order valence-electron chi connectivity index (χ0n) is 16.1. The zero-order chi connectivity index (χ0) is 20.9. The van der Waals surface area contributed by atoms with Gasteiger partial charge in [-0.3, -0.25) is 4.79 Å². The lowest BCUT2D eigenvalue weighted by molar-refractivity contribution is -0.131. The van der Waals surface area contributed by atoms with Gasteiger partial charge in [0.15, 0.2) is 0 Å². The van der Waals surface area contributed by atoms with Crippen molar-refractivity contribution in [2.75, 3.05) is 13.1 Å². The summed E-state index contributed by atoms with van der Waals surface area (Å²) >= 11 is 6.00. The molecule has 0 aliphatic carbocycles. The third-order valence-corrected chi connectivity index (χ3v) is 6.35. The van der Waals surface area contributed by atoms with Crippen LogP contribution in [0.2, 0.25) is 5.02 Å². The van der Waals surface area contributed by atoms with E-state index in [9.17, 15) is 13.2 Å². The minimum Gasteiger partial charge on any atom is -0.339 e. The first-order valence-corrected chi connectivity index (χ1v) is 11.3. The van der Waals surface area contributed by atoms with Gasteiger partial charge in [0.1, 0.15) is 0 Å². The van der Waals surface area contributed by atoms with Crippen molar-refractivity contribution >= 4 is 38.3 Å². The summed E-state index contributed by atoms with van der Waals surface area (Å²) in [4.78, 5) is 14.4. The maximum Gasteiger partial charge on any atom is 0.240 e. The maximum atomic E-state index is 12.6. The summed E-state index contributed by atoms with van der Waals surface area (Å²) in [7, 11) is -3.68. The van der Waals surface area contributed by atoms with E-state index < -0.39 is 10.0 Å². The molecular formula is C22H23ClN2O3S. The Kier molecular flexibility index (Phi) is 6.90. The first-order chi connectivity index (χ1) is 13.9. The summed E-state index contributed by atoms with van der Waals surface area (Å²) in [6.45, 7) is 2.90. The monoisotopic (exact) mass is 430 g/mol. The summed E-state index contributed by atoms with van der Waals surface area (Å²) in [5.74, 6) is -0.117. The smallest absolute Gasteiger partial charge is 0.240 e. The molecule has 0 fully saturated rings. The van der Waals surface area contributed by atoms with Crippen molar-refractivity contribution in [3.63, 3.8) is 0 Å². The molecule has 0 saturated carbocycles. The lowest BCUT2D eigenvalue weighted by Crippen LogP contribution is -2.34. The van der Waals surface area contributed by atoms with E-state index in [-0.39, 0.29) is 23.8 Å². The number of hydrogen-bond donors (Lipinski definition) is 1. The van der Waals surface area contributed by atoms with Crippen LogP contribution >= 0.6 is 11.6 Å². The number of sulfonamides is 1. The first-order valence-electron chi connectivity index (χ1n) is 9.40. The van der Waals surface area contributed by atoms with Gasteiger partial charge in [-0.1, -0.05) is 54.1 Å². The second-order valence-electron chi connectivity index (χ2n) is 6.69. The number of hydrogen-bond acceptors (Lipinski definition) is 3. The molecule has 0 atom stereocenters. The Balaban J connectivity index is 1.60. The summed E-state index contributed by atoms with van der Waals surface area (Å²) in [5, 5.41) is 2.44. The number of carbonyl (C=O) groups is 1. The van der Waals surface area contributed by atoms with Gasteiger partial charge in [-0.15, -0.1) is 0 Å². The minimum absolute atomic E-state index is 0.0417. The highest BCUT2D eigenvalue weighted by atomic mass is 35.5. The second-order valence-corrected chi connectivity index (χ2v) is 8.90. The van der Waals surface area contributed by atoms with Gasteiger partial charge < -0.3 is 4.90 Å². The molecule has 0 saturated heterocycles. The van der Waals surface area contributed by atoms with Crippen LogP contribution in [0.4, 0.5) is 0 Å². The van der Waals surface area contributed by atoms with E-state index in [0.717, 1.165) is 16.3 Å². The first kappa shape index (κ1) is 21.3. The molecule has 5 nitrogen and oxygen atoms in total. The third-order valence-electron chi connectivity index (χ3n) is 4.66. The SMILES string of the molecule is CCN(Cc1cccc(Cl)c1)C(=O)CCNS(=O)(=O)c1ccc2ccccc2c1. The van der Waals surface area contributed by atoms with Gasteiger partial charge in [0, 0.05) is 31.1 Å². The van der Waals surface area contributed by atoms with Crippen molar-refractivity contribution in [2.24, 2.45) is 0 Å². The fourth-order valence-electron chi connectivity index (χ4n) is 3.10. The van der Waals surface area contributed by atoms with E-state index in [1.165, 1.54) is 0 Å². The molecule has 3 aromatic carbocycles. The Hall–Kier alpha value is -2.41. The van der Waals surface area contributed by atoms with Gasteiger partial charge in [0.2, 0.25) is 15.9 Å². The average Bonchev–Trinajstić information content (AvgIpc) is 2.71. The number of fused-ring (bicyclic) bond motifs is 1. The third kappa shape index (κ3) is 5.56. The zero-order valence-corrected chi connectivity index (χ0v) is 17.7. The van der Waals surface area contributed by atoms with Crippen LogP contribution in [0.5, 0.6) is 0 Å². The summed E-state index contributed by atoms with van der Waals surface area (Å²) in [5.41, 5.74) is 0.935. The molecule has 1 N–H and O–H groups in total. The number of rotatable bonds is 8. The molecular weight excluding hydrogens is 408 g/mol. The molecule has 152 valence electrons. The molecule has 0 unspecified atom stereocenters. The van der Waals surface area contributed by atoms with Crippen LogP contribution in [-0.2, 0) is 21.4 Å². The van der Waals surface area contributed by atoms with Gasteiger partial charge >= 0.3 is 0 Å². The van der Waals surface area contributed by atoms with Gasteiger partial charge in [-0.05, 0) is 47.5 Å². The van der Waals surface area contributed by atoms with Crippen molar-refractivity contribution in [3.8, 4) is 0 Å². The molecule has 0 aromatic heterocycles. The van der Waals surface area contributed by atoms with Crippen molar-refractivity contribution in [1.29, 1.82) is 0 Å². The fraction of sp³-hybridized carbons (Fsp3) is 0.227. The van der Waals surface area contributed by atoms with Crippen LogP contribution in [0.3, 0.4) is 0 Å². The maximum absolute atomic E-state index is 12.6. The number of nitrogens with one attached hydrogen (secondary N) is 1. The summed E-state index contributed by atoms with van der Waals surface area (Å²) in [6, 6.07) is 19.9. The van der Waals surface area contributed by atoms with Gasteiger partial charge in [-0.25, -0.2) is 13.1 Å². The average molecular weight is 431 g/mol. The van der Waals surface area contributed by atoms with Crippen molar-refractivity contribution in [1.82, 2.24) is 9.62 Å². The summed E-state index contributed by atoms with van der Waals surface area (Å²) in [6.07, 6.45) is 0.0845. The topological polar surface area (TPSA) is 66.5 Å². The molecule has 0 radical (unpaired) electrons. The van der Waals surface area contributed by atoms with Crippen LogP contribution in [0.1, 0.15) is 18.9 Å². The minimum atomic E-state index is -3.68. The quantitative estimate of drug-likeness (QED) is 0.582. The van der Waals surface area contributed by atoms with E-state index >= 15 is 0 Å². The van der Waals surface area contributed by atoms with Crippen molar-refractivity contribution in [2.45, 2.75) is 24.8 Å². The predicted molar refractivity (Wildman–Crippen MR) is 116 cm³/mol. The lowest BCUT2D eigenvalue weighted by atomic mass is 10.1. The fourth-order valence-corrected chi connectivity index (χ4v) is 4.38. The number of halogens is 1. The predicted octanol–water partition coefficient (Wildman–Crippen LogP) is 4.21.